The Bertz CT molecular complexity index is 277. The first kappa shape index (κ1) is 9.12. The Balaban J connectivity index is 3.13. The van der Waals surface area contributed by atoms with Gasteiger partial charge in [0.15, 0.2) is 0 Å². The second-order valence-electron chi connectivity index (χ2n) is 2.46. The van der Waals surface area contributed by atoms with Gasteiger partial charge in [-0.2, -0.15) is 13.2 Å². The smallest absolute Gasteiger partial charge is 0.450 e. The van der Waals surface area contributed by atoms with Gasteiger partial charge in [-0.25, -0.2) is 0 Å². The molecule has 0 unspecified atom stereocenters. The lowest BCUT2D eigenvalue weighted by Crippen LogP contribution is -2.47. The highest BCUT2D eigenvalue weighted by Crippen LogP contribution is 2.33. The molecule has 1 aromatic rings. The molecule has 0 aliphatic carbocycles. The van der Waals surface area contributed by atoms with Crippen LogP contribution in [0.4, 0.5) is 13.2 Å². The molecule has 1 aromatic heterocycles. The second-order valence-corrected chi connectivity index (χ2v) is 2.46. The summed E-state index contributed by atoms with van der Waals surface area (Å²) in [5.41, 5.74) is 3.49. The number of hydrogen-bond acceptors (Lipinski definition) is 1. The monoisotopic (exact) mass is 180 g/mol. The SMILES string of the molecule is Cc1cc(C[NH3+])c(C(F)(F)F)o1. The topological polar surface area (TPSA) is 40.8 Å². The first-order valence-electron chi connectivity index (χ1n) is 3.41. The van der Waals surface area contributed by atoms with E-state index in [1.807, 2.05) is 0 Å². The number of aryl methyl sites for hydroxylation is 1. The normalized spacial score (nSPS) is 12.1. The quantitative estimate of drug-likeness (QED) is 0.696. The summed E-state index contributed by atoms with van der Waals surface area (Å²) in [6, 6.07) is 1.36. The van der Waals surface area contributed by atoms with Gasteiger partial charge in [0.25, 0.3) is 0 Å². The van der Waals surface area contributed by atoms with Gasteiger partial charge in [0.2, 0.25) is 5.76 Å². The fourth-order valence-corrected chi connectivity index (χ4v) is 0.993. The van der Waals surface area contributed by atoms with E-state index in [9.17, 15) is 13.2 Å². The zero-order valence-electron chi connectivity index (χ0n) is 6.53. The van der Waals surface area contributed by atoms with Crippen molar-refractivity contribution in [3.63, 3.8) is 0 Å². The molecule has 0 saturated carbocycles. The van der Waals surface area contributed by atoms with Crippen LogP contribution in [0.25, 0.3) is 0 Å². The van der Waals surface area contributed by atoms with E-state index in [1.54, 1.807) is 0 Å². The Morgan fingerprint density at radius 3 is 2.42 bits per heavy atom. The van der Waals surface area contributed by atoms with Crippen molar-refractivity contribution in [1.82, 2.24) is 0 Å². The van der Waals surface area contributed by atoms with Crippen LogP contribution in [-0.4, -0.2) is 0 Å². The van der Waals surface area contributed by atoms with Crippen LogP contribution in [0.5, 0.6) is 0 Å². The lowest BCUT2D eigenvalue weighted by atomic mass is 10.2. The van der Waals surface area contributed by atoms with Crippen LogP contribution >= 0.6 is 0 Å². The maximum absolute atomic E-state index is 12.1. The van der Waals surface area contributed by atoms with Crippen LogP contribution in [0, 0.1) is 6.92 Å². The average molecular weight is 180 g/mol. The molecule has 0 saturated heterocycles. The largest absolute Gasteiger partial charge is 0.456 e. The summed E-state index contributed by atoms with van der Waals surface area (Å²) < 4.78 is 40.9. The van der Waals surface area contributed by atoms with Gasteiger partial charge >= 0.3 is 6.18 Å². The van der Waals surface area contributed by atoms with Crippen LogP contribution in [0.15, 0.2) is 10.5 Å². The van der Waals surface area contributed by atoms with E-state index in [4.69, 9.17) is 0 Å². The molecule has 68 valence electrons. The molecular weight excluding hydrogens is 171 g/mol. The van der Waals surface area contributed by atoms with Crippen molar-refractivity contribution in [1.29, 1.82) is 0 Å². The number of hydrogen-bond donors (Lipinski definition) is 1. The lowest BCUT2D eigenvalue weighted by Gasteiger charge is -2.02. The number of furan rings is 1. The van der Waals surface area contributed by atoms with Crippen molar-refractivity contribution in [2.45, 2.75) is 19.6 Å². The van der Waals surface area contributed by atoms with Crippen LogP contribution in [0.3, 0.4) is 0 Å². The van der Waals surface area contributed by atoms with E-state index in [2.05, 4.69) is 10.2 Å². The molecule has 1 heterocycles. The third kappa shape index (κ3) is 1.61. The number of quaternary nitrogens is 1. The zero-order valence-corrected chi connectivity index (χ0v) is 6.53. The Hall–Kier alpha value is -0.970. The van der Waals surface area contributed by atoms with Crippen LogP contribution in [0.1, 0.15) is 17.1 Å². The fraction of sp³-hybridized carbons (Fsp3) is 0.429. The summed E-state index contributed by atoms with van der Waals surface area (Å²) in [4.78, 5) is 0. The molecule has 3 N–H and O–H groups in total. The standard InChI is InChI=1S/C7H8F3NO/c1-4-2-5(3-11)6(12-4)7(8,9)10/h2H,3,11H2,1H3/p+1. The molecule has 0 aliphatic heterocycles. The van der Waals surface area contributed by atoms with Crippen molar-refractivity contribution in [3.05, 3.63) is 23.2 Å². The van der Waals surface area contributed by atoms with Gasteiger partial charge in [-0.15, -0.1) is 0 Å². The number of alkyl halides is 3. The summed E-state index contributed by atoms with van der Waals surface area (Å²) in [7, 11) is 0. The van der Waals surface area contributed by atoms with E-state index in [0.717, 1.165) is 0 Å². The maximum atomic E-state index is 12.1. The Kier molecular flexibility index (Phi) is 2.14. The highest BCUT2D eigenvalue weighted by molar-refractivity contribution is 5.22. The van der Waals surface area contributed by atoms with Crippen molar-refractivity contribution >= 4 is 0 Å². The van der Waals surface area contributed by atoms with Crippen LogP contribution in [-0.2, 0) is 12.7 Å². The third-order valence-corrected chi connectivity index (χ3v) is 1.46. The second kappa shape index (κ2) is 2.82. The predicted octanol–water partition coefficient (Wildman–Crippen LogP) is 1.35. The summed E-state index contributed by atoms with van der Waals surface area (Å²) in [5, 5.41) is 0. The lowest BCUT2D eigenvalue weighted by molar-refractivity contribution is -0.387. The number of halogens is 3. The first-order chi connectivity index (χ1) is 5.45. The van der Waals surface area contributed by atoms with Crippen LogP contribution < -0.4 is 5.73 Å². The maximum Gasteiger partial charge on any atom is 0.450 e. The zero-order chi connectivity index (χ0) is 9.35. The molecule has 0 amide bonds. The molecule has 0 fully saturated rings. The van der Waals surface area contributed by atoms with E-state index < -0.39 is 11.9 Å². The Morgan fingerprint density at radius 1 is 1.50 bits per heavy atom. The van der Waals surface area contributed by atoms with Crippen molar-refractivity contribution in [3.8, 4) is 0 Å². The minimum Gasteiger partial charge on any atom is -0.456 e. The van der Waals surface area contributed by atoms with Crippen molar-refractivity contribution < 1.29 is 23.3 Å². The minimum absolute atomic E-state index is 0.0895. The molecule has 0 radical (unpaired) electrons. The van der Waals surface area contributed by atoms with Gasteiger partial charge in [0, 0.05) is 0 Å². The highest BCUT2D eigenvalue weighted by Gasteiger charge is 2.38. The van der Waals surface area contributed by atoms with Gasteiger partial charge in [-0.1, -0.05) is 0 Å². The molecular formula is C7H9F3NO+. The van der Waals surface area contributed by atoms with Gasteiger partial charge in [-0.3, -0.25) is 0 Å². The molecule has 0 atom stereocenters. The molecule has 0 spiro atoms. The van der Waals surface area contributed by atoms with Gasteiger partial charge in [0.1, 0.15) is 12.3 Å². The average Bonchev–Trinajstić information content (AvgIpc) is 2.29. The molecule has 0 aliphatic rings. The molecule has 0 bridgehead atoms. The van der Waals surface area contributed by atoms with Gasteiger partial charge in [-0.05, 0) is 13.0 Å². The predicted molar refractivity (Wildman–Crippen MR) is 35.0 cm³/mol. The van der Waals surface area contributed by atoms with Crippen molar-refractivity contribution in [2.75, 3.05) is 0 Å². The Morgan fingerprint density at radius 2 is 2.08 bits per heavy atom. The van der Waals surface area contributed by atoms with E-state index in [0.29, 0.717) is 0 Å². The number of rotatable bonds is 1. The third-order valence-electron chi connectivity index (χ3n) is 1.46. The molecule has 5 heteroatoms. The summed E-state index contributed by atoms with van der Waals surface area (Å²) in [5.74, 6) is -0.657. The van der Waals surface area contributed by atoms with E-state index >= 15 is 0 Å². The van der Waals surface area contributed by atoms with Crippen molar-refractivity contribution in [2.24, 2.45) is 0 Å². The first-order valence-corrected chi connectivity index (χ1v) is 3.41. The van der Waals surface area contributed by atoms with Gasteiger partial charge in [0.05, 0.1) is 5.56 Å². The summed E-state index contributed by atoms with van der Waals surface area (Å²) >= 11 is 0. The molecule has 1 rings (SSSR count). The van der Waals surface area contributed by atoms with Gasteiger partial charge < -0.3 is 10.2 Å². The van der Waals surface area contributed by atoms with E-state index in [-0.39, 0.29) is 17.9 Å². The molecule has 12 heavy (non-hydrogen) atoms. The highest BCUT2D eigenvalue weighted by atomic mass is 19.4. The summed E-state index contributed by atoms with van der Waals surface area (Å²) in [6.07, 6.45) is -4.40. The minimum atomic E-state index is -4.40. The summed E-state index contributed by atoms with van der Waals surface area (Å²) in [6.45, 7) is 1.57. The Labute approximate surface area is 67.2 Å². The van der Waals surface area contributed by atoms with Crippen LogP contribution in [0.2, 0.25) is 0 Å². The fourth-order valence-electron chi connectivity index (χ4n) is 0.993. The molecule has 2 nitrogen and oxygen atoms in total. The van der Waals surface area contributed by atoms with E-state index in [1.165, 1.54) is 13.0 Å². The molecule has 0 aromatic carbocycles.